The third-order valence-electron chi connectivity index (χ3n) is 16.3. The summed E-state index contributed by atoms with van der Waals surface area (Å²) in [5.41, 5.74) is 1.71. The van der Waals surface area contributed by atoms with E-state index in [1.165, 1.54) is 5.57 Å². The molecule has 0 spiro atoms. The quantitative estimate of drug-likeness (QED) is 0.0949. The van der Waals surface area contributed by atoms with Gasteiger partial charge in [-0.25, -0.2) is 4.98 Å². The zero-order chi connectivity index (χ0) is 40.5. The van der Waals surface area contributed by atoms with Crippen LogP contribution in [0.1, 0.15) is 133 Å². The predicted octanol–water partition coefficient (Wildman–Crippen LogP) is 10.00. The maximum Gasteiger partial charge on any atom is 0.307 e. The van der Waals surface area contributed by atoms with Gasteiger partial charge in [-0.05, 0) is 128 Å². The lowest BCUT2D eigenvalue weighted by Crippen LogP contribution is -2.66. The molecule has 55 heavy (non-hydrogen) atoms. The molecule has 7 unspecified atom stereocenters. The Balaban J connectivity index is 1.37. The zero-order valence-electron chi connectivity index (χ0n) is 35.4. The number of anilines is 1. The molecule has 1 aromatic heterocycles. The number of Topliss-reactive ketones (excluding diaryl/α,β-unsaturated/α-hetero) is 1. The third-order valence-corrected chi connectivity index (χ3v) is 16.5. The Morgan fingerprint density at radius 3 is 2.31 bits per heavy atom. The van der Waals surface area contributed by atoms with Crippen LogP contribution in [-0.4, -0.2) is 54.0 Å². The van der Waals surface area contributed by atoms with Crippen LogP contribution in [0.4, 0.5) is 5.82 Å². The number of esters is 1. The number of carbonyl (C=O) groups excluding carboxylic acids is 4. The van der Waals surface area contributed by atoms with Crippen LogP contribution < -0.4 is 5.01 Å². The monoisotopic (exact) mass is 775 g/mol. The van der Waals surface area contributed by atoms with Crippen molar-refractivity contribution in [3.05, 3.63) is 46.3 Å². The van der Waals surface area contributed by atoms with Crippen LogP contribution in [0.5, 0.6) is 0 Å². The first kappa shape index (κ1) is 41.6. The fourth-order valence-electron chi connectivity index (χ4n) is 13.5. The second-order valence-electron chi connectivity index (χ2n) is 20.2. The number of ether oxygens (including phenoxy) is 1. The van der Waals surface area contributed by atoms with Crippen LogP contribution in [0, 0.1) is 56.2 Å². The molecular weight excluding hydrogens is 710 g/mol. The smallest absolute Gasteiger partial charge is 0.307 e. The van der Waals surface area contributed by atoms with Crippen molar-refractivity contribution in [1.82, 2.24) is 9.99 Å². The van der Waals surface area contributed by atoms with Gasteiger partial charge in [0.1, 0.15) is 24.5 Å². The molecule has 0 radical (unpaired) electrons. The number of carbonyl (C=O) groups is 4. The molecule has 1 aromatic rings. The standard InChI is InChI=1S/C46H66ClN3O5/c1-12-50(49(11)37-16-13-30(47)27-48-37)35(19-24-51)46-23-22-44(9)31(40(46)39(29(2)3)32(53)25-46)14-15-34-43(8)20-18-36(55-38(54)26-41(4,5)28-52)42(6,7)33(43)17-21-45(34,44)10/h13,16,19,24,27-29,31,33-34,36H,12,14-15,17-18,20-23,25-26H2,1-11H3/b35-19-/t31?,33?,34?,36?,43?,44-,45?,46?/m1/s1. The van der Waals surface area contributed by atoms with Gasteiger partial charge >= 0.3 is 5.97 Å². The number of rotatable bonds is 11. The molecule has 0 saturated heterocycles. The maximum atomic E-state index is 14.5. The minimum atomic E-state index is -0.736. The largest absolute Gasteiger partial charge is 0.462 e. The molecule has 0 amide bonds. The fraction of sp³-hybridized carbons (Fsp3) is 0.717. The van der Waals surface area contributed by atoms with Gasteiger partial charge in [0.2, 0.25) is 0 Å². The Bertz CT molecular complexity index is 1770. The number of halogens is 1. The number of fused-ring (bicyclic) bond motifs is 7. The van der Waals surface area contributed by atoms with E-state index in [4.69, 9.17) is 16.3 Å². The lowest BCUT2D eigenvalue weighted by molar-refractivity contribution is -0.233. The first-order valence-corrected chi connectivity index (χ1v) is 21.3. The van der Waals surface area contributed by atoms with Crippen molar-refractivity contribution >= 4 is 41.7 Å². The molecule has 0 N–H and O–H groups in total. The van der Waals surface area contributed by atoms with Crippen molar-refractivity contribution in [1.29, 1.82) is 0 Å². The van der Waals surface area contributed by atoms with Crippen LogP contribution >= 0.6 is 11.6 Å². The highest BCUT2D eigenvalue weighted by Crippen LogP contribution is 2.77. The van der Waals surface area contributed by atoms with Crippen molar-refractivity contribution < 1.29 is 23.9 Å². The summed E-state index contributed by atoms with van der Waals surface area (Å²) < 4.78 is 6.25. The summed E-state index contributed by atoms with van der Waals surface area (Å²) in [6.45, 7) is 22.9. The summed E-state index contributed by atoms with van der Waals surface area (Å²) in [7, 11) is 1.97. The topological polar surface area (TPSA) is 96.9 Å². The molecule has 302 valence electrons. The van der Waals surface area contributed by atoms with Gasteiger partial charge in [0.25, 0.3) is 0 Å². The van der Waals surface area contributed by atoms with Crippen LogP contribution in [-0.2, 0) is 23.9 Å². The van der Waals surface area contributed by atoms with E-state index in [1.807, 2.05) is 24.2 Å². The summed E-state index contributed by atoms with van der Waals surface area (Å²) >= 11 is 6.22. The highest BCUT2D eigenvalue weighted by molar-refractivity contribution is 6.30. The molecule has 5 aliphatic rings. The Labute approximate surface area is 335 Å². The molecule has 8 nitrogen and oxygen atoms in total. The van der Waals surface area contributed by atoms with Crippen LogP contribution in [0.3, 0.4) is 0 Å². The molecule has 6 rings (SSSR count). The van der Waals surface area contributed by atoms with Gasteiger partial charge in [-0.2, -0.15) is 0 Å². The normalized spacial score (nSPS) is 35.7. The predicted molar refractivity (Wildman–Crippen MR) is 218 cm³/mol. The van der Waals surface area contributed by atoms with E-state index in [1.54, 1.807) is 26.1 Å². The van der Waals surface area contributed by atoms with Gasteiger partial charge in [0, 0.05) is 48.2 Å². The Morgan fingerprint density at radius 1 is 1.00 bits per heavy atom. The molecule has 0 bridgehead atoms. The average molecular weight is 777 g/mol. The van der Waals surface area contributed by atoms with Crippen LogP contribution in [0.2, 0.25) is 5.02 Å². The summed E-state index contributed by atoms with van der Waals surface area (Å²) in [4.78, 5) is 56.4. The first-order chi connectivity index (χ1) is 25.7. The molecule has 4 fully saturated rings. The van der Waals surface area contributed by atoms with Crippen molar-refractivity contribution in [3.8, 4) is 0 Å². The van der Waals surface area contributed by atoms with Crippen molar-refractivity contribution in [2.24, 2.45) is 56.2 Å². The van der Waals surface area contributed by atoms with E-state index in [-0.39, 0.29) is 57.8 Å². The van der Waals surface area contributed by atoms with Crippen molar-refractivity contribution in [2.75, 3.05) is 18.6 Å². The number of allylic oxidation sites excluding steroid dienone is 3. The van der Waals surface area contributed by atoms with Gasteiger partial charge in [-0.3, -0.25) is 24.4 Å². The van der Waals surface area contributed by atoms with E-state index in [2.05, 4.69) is 65.4 Å². The lowest BCUT2D eigenvalue weighted by Gasteiger charge is -2.72. The van der Waals surface area contributed by atoms with Crippen molar-refractivity contribution in [3.63, 3.8) is 0 Å². The molecular formula is C46H66ClN3O5. The summed E-state index contributed by atoms with van der Waals surface area (Å²) in [5.74, 6) is 1.82. The number of aldehydes is 2. The van der Waals surface area contributed by atoms with E-state index in [0.29, 0.717) is 35.6 Å². The Hall–Kier alpha value is -3.00. The zero-order valence-corrected chi connectivity index (χ0v) is 36.1. The van der Waals surface area contributed by atoms with E-state index in [9.17, 15) is 19.2 Å². The number of ketones is 1. The number of hydrogen-bond acceptors (Lipinski definition) is 8. The fourth-order valence-corrected chi connectivity index (χ4v) is 13.6. The average Bonchev–Trinajstić information content (AvgIpc) is 3.42. The molecule has 5 aliphatic carbocycles. The number of hydrogen-bond donors (Lipinski definition) is 0. The third kappa shape index (κ3) is 6.43. The SMILES string of the molecule is CCN(/C(=C\C=O)C12CC[C@]3(C)C(CCC4C5(C)CCC(OC(=O)CC(C)(C)C=O)C(C)(C)C5CCC43C)C1=C(C(C)C)C(=O)C2)N(C)c1ccc(Cl)cn1. The van der Waals surface area contributed by atoms with Crippen molar-refractivity contribution in [2.45, 2.75) is 140 Å². The summed E-state index contributed by atoms with van der Waals surface area (Å²) in [6.07, 6.45) is 13.3. The van der Waals surface area contributed by atoms with Gasteiger partial charge < -0.3 is 9.53 Å². The summed E-state index contributed by atoms with van der Waals surface area (Å²) in [5, 5.41) is 4.71. The Kier molecular flexibility index (Phi) is 10.9. The molecule has 0 aliphatic heterocycles. The van der Waals surface area contributed by atoms with Gasteiger partial charge in [0.15, 0.2) is 5.78 Å². The molecule has 0 aromatic carbocycles. The number of aromatic nitrogens is 1. The highest BCUT2D eigenvalue weighted by Gasteiger charge is 2.70. The second-order valence-corrected chi connectivity index (χ2v) is 20.6. The molecule has 8 atom stereocenters. The first-order valence-electron chi connectivity index (χ1n) is 20.9. The summed E-state index contributed by atoms with van der Waals surface area (Å²) in [6, 6.07) is 3.72. The van der Waals surface area contributed by atoms with Crippen LogP contribution in [0.15, 0.2) is 41.2 Å². The molecule has 4 saturated carbocycles. The highest BCUT2D eigenvalue weighted by atomic mass is 35.5. The number of hydrazine groups is 1. The molecule has 1 heterocycles. The Morgan fingerprint density at radius 2 is 1.71 bits per heavy atom. The van der Waals surface area contributed by atoms with Gasteiger partial charge in [-0.1, -0.05) is 73.9 Å². The van der Waals surface area contributed by atoms with Gasteiger partial charge in [0.05, 0.1) is 11.4 Å². The van der Waals surface area contributed by atoms with E-state index < -0.39 is 10.8 Å². The number of nitrogens with zero attached hydrogens (tertiary/aromatic N) is 3. The second kappa shape index (κ2) is 14.4. The minimum absolute atomic E-state index is 0.0324. The van der Waals surface area contributed by atoms with E-state index in [0.717, 1.165) is 75.2 Å². The number of pyridine rings is 1. The maximum absolute atomic E-state index is 14.5. The minimum Gasteiger partial charge on any atom is -0.462 e. The van der Waals surface area contributed by atoms with Gasteiger partial charge in [-0.15, -0.1) is 0 Å². The molecule has 9 heteroatoms. The van der Waals surface area contributed by atoms with Crippen LogP contribution in [0.25, 0.3) is 0 Å². The van der Waals surface area contributed by atoms with E-state index >= 15 is 0 Å². The lowest BCUT2D eigenvalue weighted by atomic mass is 9.33.